The molecule has 0 spiro atoms. The second kappa shape index (κ2) is 41.5. The second-order valence-corrected chi connectivity index (χ2v) is 19.0. The Labute approximate surface area is 379 Å². The first-order valence-corrected chi connectivity index (χ1v) is 26.4. The van der Waals surface area contributed by atoms with Crippen molar-refractivity contribution in [3.63, 3.8) is 0 Å². The van der Waals surface area contributed by atoms with Crippen LogP contribution in [0.4, 0.5) is 0 Å². The second-order valence-electron chi connectivity index (χ2n) is 19.0. The molecule has 1 rings (SSSR count). The molecule has 370 valence electrons. The minimum Gasteiger partial charge on any atom is -0.394 e. The Morgan fingerprint density at radius 3 is 1.19 bits per heavy atom. The Morgan fingerprint density at radius 1 is 0.500 bits per heavy atom. The molecule has 0 saturated carbocycles. The highest BCUT2D eigenvalue weighted by Gasteiger charge is 2.44. The number of aliphatic hydroxyl groups excluding tert-OH is 7. The lowest BCUT2D eigenvalue weighted by Gasteiger charge is -2.40. The molecule has 1 aliphatic heterocycles. The lowest BCUT2D eigenvalue weighted by Crippen LogP contribution is -2.60. The summed E-state index contributed by atoms with van der Waals surface area (Å²) in [5, 5.41) is 75.2. The monoisotopic (exact) mass is 888 g/mol. The lowest BCUT2D eigenvalue weighted by atomic mass is 9.98. The average Bonchev–Trinajstić information content (AvgIpc) is 3.27. The molecular formula is C51H101NO10. The van der Waals surface area contributed by atoms with Gasteiger partial charge >= 0.3 is 0 Å². The summed E-state index contributed by atoms with van der Waals surface area (Å²) in [6.45, 7) is 3.35. The van der Waals surface area contributed by atoms with E-state index in [-0.39, 0.29) is 6.42 Å². The fraction of sp³-hybridized carbons (Fsp3) is 0.980. The summed E-state index contributed by atoms with van der Waals surface area (Å²) < 4.78 is 11.0. The molecule has 62 heavy (non-hydrogen) atoms. The highest BCUT2D eigenvalue weighted by Crippen LogP contribution is 2.23. The maximum atomic E-state index is 13.0. The van der Waals surface area contributed by atoms with Gasteiger partial charge in [0.25, 0.3) is 0 Å². The maximum absolute atomic E-state index is 13.0. The van der Waals surface area contributed by atoms with Gasteiger partial charge in [0.2, 0.25) is 5.91 Å². The third kappa shape index (κ3) is 30.3. The van der Waals surface area contributed by atoms with Gasteiger partial charge in [0.1, 0.15) is 36.6 Å². The van der Waals surface area contributed by atoms with E-state index >= 15 is 0 Å². The van der Waals surface area contributed by atoms with E-state index < -0.39 is 74.2 Å². The zero-order valence-electron chi connectivity index (χ0n) is 40.1. The van der Waals surface area contributed by atoms with Crippen LogP contribution in [0.5, 0.6) is 0 Å². The topological polar surface area (TPSA) is 189 Å². The highest BCUT2D eigenvalue weighted by atomic mass is 16.7. The molecule has 9 atom stereocenters. The number of hydrogen-bond donors (Lipinski definition) is 8. The van der Waals surface area contributed by atoms with Crippen molar-refractivity contribution in [3.05, 3.63) is 0 Å². The molecule has 1 aliphatic rings. The fourth-order valence-electron chi connectivity index (χ4n) is 8.80. The summed E-state index contributed by atoms with van der Waals surface area (Å²) in [5.74, 6) is -0.697. The number of aliphatic hydroxyl groups is 7. The molecule has 1 fully saturated rings. The lowest BCUT2D eigenvalue weighted by molar-refractivity contribution is -0.303. The predicted octanol–water partition coefficient (Wildman–Crippen LogP) is 9.84. The molecule has 0 aromatic rings. The Hall–Kier alpha value is -0.890. The van der Waals surface area contributed by atoms with Crippen molar-refractivity contribution in [2.75, 3.05) is 13.2 Å². The van der Waals surface area contributed by atoms with Crippen molar-refractivity contribution in [1.29, 1.82) is 0 Å². The molecule has 0 bridgehead atoms. The summed E-state index contributed by atoms with van der Waals surface area (Å²) >= 11 is 0. The first kappa shape index (κ1) is 59.1. The molecule has 1 heterocycles. The summed E-state index contributed by atoms with van der Waals surface area (Å²) in [6.07, 6.45) is 34.0. The van der Waals surface area contributed by atoms with Gasteiger partial charge in [0.05, 0.1) is 25.4 Å². The van der Waals surface area contributed by atoms with Crippen molar-refractivity contribution < 1.29 is 50.0 Å². The third-order valence-corrected chi connectivity index (χ3v) is 13.2. The Bertz CT molecular complexity index is 975. The van der Waals surface area contributed by atoms with Crippen LogP contribution in [-0.4, -0.2) is 110 Å². The quantitative estimate of drug-likeness (QED) is 0.0273. The molecule has 0 aromatic heterocycles. The van der Waals surface area contributed by atoms with Crippen LogP contribution in [0.3, 0.4) is 0 Å². The van der Waals surface area contributed by atoms with Crippen LogP contribution < -0.4 is 5.32 Å². The van der Waals surface area contributed by atoms with Gasteiger partial charge in [-0.05, 0) is 12.8 Å². The number of ether oxygens (including phenoxy) is 2. The van der Waals surface area contributed by atoms with Crippen molar-refractivity contribution in [2.45, 2.75) is 306 Å². The molecule has 11 heteroatoms. The van der Waals surface area contributed by atoms with Gasteiger partial charge in [-0.1, -0.05) is 239 Å². The first-order chi connectivity index (χ1) is 30.2. The molecule has 11 nitrogen and oxygen atoms in total. The molecule has 9 unspecified atom stereocenters. The standard InChI is InChI=1S/C51H101NO10/c1-3-5-7-9-10-11-12-13-14-15-16-17-18-19-20-21-22-23-24-25-26-27-28-29-30-31-32-33-35-37-39-44(55)50(60)52-42(46(56)43(54)38-36-34-8-6-4-2)41-61-51-49(59)48(58)47(57)45(40-53)62-51/h42-49,51,53-59H,3-41H2,1-2H3,(H,52,60). The van der Waals surface area contributed by atoms with E-state index in [4.69, 9.17) is 9.47 Å². The number of carbonyl (C=O) groups is 1. The molecule has 0 radical (unpaired) electrons. The summed E-state index contributed by atoms with van der Waals surface area (Å²) in [4.78, 5) is 13.0. The smallest absolute Gasteiger partial charge is 0.249 e. The number of amides is 1. The van der Waals surface area contributed by atoms with Gasteiger partial charge < -0.3 is 50.5 Å². The number of nitrogens with one attached hydrogen (secondary N) is 1. The normalized spacial score (nSPS) is 21.2. The van der Waals surface area contributed by atoms with Crippen molar-refractivity contribution >= 4 is 5.91 Å². The van der Waals surface area contributed by atoms with Crippen LogP contribution in [0.25, 0.3) is 0 Å². The van der Waals surface area contributed by atoms with Gasteiger partial charge in [-0.3, -0.25) is 4.79 Å². The molecule has 0 aromatic carbocycles. The Balaban J connectivity index is 2.10. The molecular weight excluding hydrogens is 787 g/mol. The van der Waals surface area contributed by atoms with Gasteiger partial charge in [0.15, 0.2) is 6.29 Å². The molecule has 0 aliphatic carbocycles. The van der Waals surface area contributed by atoms with E-state index in [1.807, 2.05) is 0 Å². The largest absolute Gasteiger partial charge is 0.394 e. The minimum absolute atomic E-state index is 0.266. The molecule has 1 amide bonds. The van der Waals surface area contributed by atoms with E-state index in [2.05, 4.69) is 19.2 Å². The van der Waals surface area contributed by atoms with E-state index in [0.29, 0.717) is 19.3 Å². The zero-order valence-corrected chi connectivity index (χ0v) is 40.1. The van der Waals surface area contributed by atoms with Crippen LogP contribution in [0.1, 0.15) is 251 Å². The van der Waals surface area contributed by atoms with Gasteiger partial charge in [-0.2, -0.15) is 0 Å². The highest BCUT2D eigenvalue weighted by molar-refractivity contribution is 5.80. The summed E-state index contributed by atoms with van der Waals surface area (Å²) in [5.41, 5.74) is 0. The van der Waals surface area contributed by atoms with E-state index in [1.54, 1.807) is 0 Å². The number of unbranched alkanes of at least 4 members (excludes halogenated alkanes) is 33. The minimum atomic E-state index is -1.65. The van der Waals surface area contributed by atoms with Crippen LogP contribution >= 0.6 is 0 Å². The Morgan fingerprint density at radius 2 is 0.839 bits per heavy atom. The molecule has 1 saturated heterocycles. The van der Waals surface area contributed by atoms with E-state index in [0.717, 1.165) is 44.9 Å². The van der Waals surface area contributed by atoms with Crippen LogP contribution in [-0.2, 0) is 14.3 Å². The zero-order chi connectivity index (χ0) is 45.5. The van der Waals surface area contributed by atoms with Crippen LogP contribution in [0, 0.1) is 0 Å². The first-order valence-electron chi connectivity index (χ1n) is 26.4. The van der Waals surface area contributed by atoms with Crippen molar-refractivity contribution in [1.82, 2.24) is 5.32 Å². The van der Waals surface area contributed by atoms with Gasteiger partial charge in [-0.15, -0.1) is 0 Å². The van der Waals surface area contributed by atoms with Crippen molar-refractivity contribution in [2.24, 2.45) is 0 Å². The van der Waals surface area contributed by atoms with E-state index in [9.17, 15) is 40.5 Å². The van der Waals surface area contributed by atoms with E-state index in [1.165, 1.54) is 167 Å². The van der Waals surface area contributed by atoms with Crippen LogP contribution in [0.15, 0.2) is 0 Å². The van der Waals surface area contributed by atoms with Gasteiger partial charge in [0, 0.05) is 0 Å². The number of hydrogen-bond acceptors (Lipinski definition) is 10. The Kier molecular flexibility index (Phi) is 39.6. The SMILES string of the molecule is CCCCCCCCCCCCCCCCCCCCCCCCCCCCCCCCC(O)C(=O)NC(COC1OC(CO)C(O)C(O)C1O)C(O)C(O)CCCCCCC. The summed E-state index contributed by atoms with van der Waals surface area (Å²) in [7, 11) is 0. The number of rotatable bonds is 45. The third-order valence-electron chi connectivity index (χ3n) is 13.2. The van der Waals surface area contributed by atoms with Crippen LogP contribution in [0.2, 0.25) is 0 Å². The number of carbonyl (C=O) groups excluding carboxylic acids is 1. The maximum Gasteiger partial charge on any atom is 0.249 e. The van der Waals surface area contributed by atoms with Crippen molar-refractivity contribution in [3.8, 4) is 0 Å². The summed E-state index contributed by atoms with van der Waals surface area (Å²) in [6, 6.07) is -1.16. The fourth-order valence-corrected chi connectivity index (χ4v) is 8.80. The molecule has 8 N–H and O–H groups in total. The average molecular weight is 888 g/mol. The predicted molar refractivity (Wildman–Crippen MR) is 252 cm³/mol. The van der Waals surface area contributed by atoms with Gasteiger partial charge in [-0.25, -0.2) is 0 Å².